The Labute approximate surface area is 108 Å². The van der Waals surface area contributed by atoms with Gasteiger partial charge in [-0.3, -0.25) is 0 Å². The Hall–Kier alpha value is -0.901. The Morgan fingerprint density at radius 3 is 2.88 bits per heavy atom. The second kappa shape index (κ2) is 5.63. The van der Waals surface area contributed by atoms with E-state index >= 15 is 0 Å². The van der Waals surface area contributed by atoms with E-state index in [4.69, 9.17) is 5.73 Å². The molecule has 1 aromatic rings. The van der Waals surface area contributed by atoms with Gasteiger partial charge < -0.3 is 0 Å². The number of hydrogen-bond donors (Lipinski definition) is 2. The van der Waals surface area contributed by atoms with Crippen LogP contribution in [0.25, 0.3) is 0 Å². The molecule has 1 heterocycles. The number of nitrogens with two attached hydrogens (primary N) is 1. The minimum absolute atomic E-state index is 0.0332. The first-order valence-corrected chi connectivity index (χ1v) is 7.40. The van der Waals surface area contributed by atoms with Gasteiger partial charge in [-0.2, -0.15) is 0 Å². The van der Waals surface area contributed by atoms with Crippen LogP contribution in [-0.4, -0.2) is 27.7 Å². The van der Waals surface area contributed by atoms with Crippen LogP contribution in [0.1, 0.15) is 13.8 Å². The maximum atomic E-state index is 5.77. The summed E-state index contributed by atoms with van der Waals surface area (Å²) >= 11 is 0.0332. The Kier molecular flexibility index (Phi) is 4.15. The molecule has 3 N–H and O–H groups in total. The van der Waals surface area contributed by atoms with Gasteiger partial charge >= 0.3 is 108 Å². The van der Waals surface area contributed by atoms with Gasteiger partial charge in [-0.1, -0.05) is 0 Å². The van der Waals surface area contributed by atoms with E-state index in [1.807, 2.05) is 12.1 Å². The number of nitrogens with zero attached hydrogens (tertiary/aromatic N) is 2. The molecule has 0 bridgehead atoms. The molecular formula is C12H18N4Se. The van der Waals surface area contributed by atoms with Crippen molar-refractivity contribution < 1.29 is 0 Å². The van der Waals surface area contributed by atoms with Crippen molar-refractivity contribution in [1.82, 2.24) is 0 Å². The number of benzene rings is 1. The third-order valence-electron chi connectivity index (χ3n) is 3.09. The molecule has 0 fully saturated rings. The number of nitrogens with one attached hydrogen (secondary N) is 1. The molecule has 0 aromatic heterocycles. The first kappa shape index (κ1) is 12.6. The summed E-state index contributed by atoms with van der Waals surface area (Å²) < 4.78 is 8.82. The minimum atomic E-state index is 0.0332. The molecule has 1 atom stereocenters. The molecule has 92 valence electrons. The summed E-state index contributed by atoms with van der Waals surface area (Å²) in [6.07, 6.45) is 0. The Morgan fingerprint density at radius 2 is 2.18 bits per heavy atom. The summed E-state index contributed by atoms with van der Waals surface area (Å²) in [4.78, 5) is 0. The summed E-state index contributed by atoms with van der Waals surface area (Å²) in [6.45, 7) is 6.02. The summed E-state index contributed by atoms with van der Waals surface area (Å²) in [6, 6.07) is 6.10. The van der Waals surface area contributed by atoms with Gasteiger partial charge in [0.2, 0.25) is 0 Å². The predicted molar refractivity (Wildman–Crippen MR) is 72.2 cm³/mol. The molecule has 0 aliphatic carbocycles. The number of fused-ring (bicyclic) bond motifs is 1. The van der Waals surface area contributed by atoms with Crippen LogP contribution < -0.4 is 11.1 Å². The molecule has 1 aliphatic rings. The molecule has 2 rings (SSSR count). The Balaban J connectivity index is 2.05. The third-order valence-corrected chi connectivity index (χ3v) is 4.22. The van der Waals surface area contributed by atoms with E-state index in [0.717, 1.165) is 23.6 Å². The van der Waals surface area contributed by atoms with Crippen molar-refractivity contribution in [2.24, 2.45) is 25.5 Å². The molecular weight excluding hydrogens is 279 g/mol. The third kappa shape index (κ3) is 2.86. The molecule has 0 saturated heterocycles. The number of rotatable bonds is 5. The summed E-state index contributed by atoms with van der Waals surface area (Å²) in [5.41, 5.74) is 8.90. The molecule has 17 heavy (non-hydrogen) atoms. The van der Waals surface area contributed by atoms with Crippen LogP contribution >= 0.6 is 0 Å². The second-order valence-corrected chi connectivity index (χ2v) is 5.67. The van der Waals surface area contributed by atoms with Crippen LogP contribution in [0.2, 0.25) is 0 Å². The molecule has 0 amide bonds. The van der Waals surface area contributed by atoms with Crippen molar-refractivity contribution in [1.29, 1.82) is 0 Å². The van der Waals surface area contributed by atoms with Gasteiger partial charge in [0.05, 0.1) is 0 Å². The van der Waals surface area contributed by atoms with Gasteiger partial charge in [0, 0.05) is 0 Å². The number of anilines is 1. The van der Waals surface area contributed by atoms with Crippen LogP contribution in [0.3, 0.4) is 0 Å². The maximum absolute atomic E-state index is 5.77. The van der Waals surface area contributed by atoms with Crippen molar-refractivity contribution in [2.45, 2.75) is 13.8 Å². The average molecular weight is 297 g/mol. The fourth-order valence-corrected chi connectivity index (χ4v) is 2.93. The van der Waals surface area contributed by atoms with Crippen molar-refractivity contribution in [3.63, 3.8) is 0 Å². The second-order valence-electron chi connectivity index (χ2n) is 4.56. The van der Waals surface area contributed by atoms with Gasteiger partial charge in [0.25, 0.3) is 0 Å². The zero-order chi connectivity index (χ0) is 12.3. The van der Waals surface area contributed by atoms with Gasteiger partial charge in [-0.15, -0.1) is 0 Å². The molecule has 5 heteroatoms. The normalized spacial score (nSPS) is 14.6. The molecule has 1 aromatic carbocycles. The monoisotopic (exact) mass is 298 g/mol. The first-order chi connectivity index (χ1) is 8.22. The topological polar surface area (TPSA) is 62.8 Å². The summed E-state index contributed by atoms with van der Waals surface area (Å²) in [5, 5.41) is 3.45. The quantitative estimate of drug-likeness (QED) is 0.833. The van der Waals surface area contributed by atoms with Crippen molar-refractivity contribution in [3.05, 3.63) is 18.2 Å². The average Bonchev–Trinajstić information content (AvgIpc) is 2.78. The predicted octanol–water partition coefficient (Wildman–Crippen LogP) is 2.68. The molecule has 4 nitrogen and oxygen atoms in total. The van der Waals surface area contributed by atoms with Gasteiger partial charge in [0.15, 0.2) is 0 Å². The molecule has 0 spiro atoms. The number of hydrogen-bond acceptors (Lipinski definition) is 4. The van der Waals surface area contributed by atoms with E-state index in [0.29, 0.717) is 18.4 Å². The van der Waals surface area contributed by atoms with E-state index in [1.165, 1.54) is 0 Å². The van der Waals surface area contributed by atoms with E-state index in [1.54, 1.807) is 0 Å². The molecule has 0 saturated carbocycles. The summed E-state index contributed by atoms with van der Waals surface area (Å²) in [5.74, 6) is 1.09. The fraction of sp³-hybridized carbons (Fsp3) is 0.500. The van der Waals surface area contributed by atoms with Crippen LogP contribution in [0.4, 0.5) is 17.1 Å². The molecule has 1 unspecified atom stereocenters. The summed E-state index contributed by atoms with van der Waals surface area (Å²) in [7, 11) is 0. The van der Waals surface area contributed by atoms with Crippen molar-refractivity contribution >= 4 is 31.6 Å². The Bertz CT molecular complexity index is 464. The van der Waals surface area contributed by atoms with Crippen molar-refractivity contribution in [3.8, 4) is 0 Å². The Morgan fingerprint density at radius 1 is 1.35 bits per heavy atom. The first-order valence-electron chi connectivity index (χ1n) is 5.87. The molecule has 0 radical (unpaired) electrons. The van der Waals surface area contributed by atoms with Crippen LogP contribution in [0.15, 0.2) is 26.1 Å². The fourth-order valence-electron chi connectivity index (χ4n) is 1.78. The van der Waals surface area contributed by atoms with Crippen LogP contribution in [0.5, 0.6) is 0 Å². The van der Waals surface area contributed by atoms with Crippen LogP contribution in [-0.2, 0) is 0 Å². The van der Waals surface area contributed by atoms with Crippen LogP contribution in [0, 0.1) is 11.8 Å². The zero-order valence-electron chi connectivity index (χ0n) is 10.2. The standard InChI is InChI=1S/C12H18N4Se/c1-8(2)9(6-13)7-14-10-4-3-5-11-12(10)16-17-15-11/h3-5,8-9,14H,6-7,13H2,1-2H3. The zero-order valence-corrected chi connectivity index (χ0v) is 11.9. The van der Waals surface area contributed by atoms with E-state index in [-0.39, 0.29) is 14.6 Å². The van der Waals surface area contributed by atoms with Gasteiger partial charge in [0.1, 0.15) is 0 Å². The van der Waals surface area contributed by atoms with Gasteiger partial charge in [-0.25, -0.2) is 0 Å². The molecule has 1 aliphatic heterocycles. The van der Waals surface area contributed by atoms with Gasteiger partial charge in [-0.05, 0) is 0 Å². The van der Waals surface area contributed by atoms with Crippen molar-refractivity contribution in [2.75, 3.05) is 18.4 Å². The van der Waals surface area contributed by atoms with E-state index in [9.17, 15) is 0 Å². The van der Waals surface area contributed by atoms with E-state index < -0.39 is 0 Å². The van der Waals surface area contributed by atoms with E-state index in [2.05, 4.69) is 33.2 Å². The SMILES string of the molecule is CC(C)C(CN)CNc1cccc2c1N=[Se]=N2.